The molecule has 19 heavy (non-hydrogen) atoms. The fourth-order valence-corrected chi connectivity index (χ4v) is 1.23. The quantitative estimate of drug-likeness (QED) is 0.690. The molecule has 0 saturated carbocycles. The smallest absolute Gasteiger partial charge is 0.377 e. The minimum Gasteiger partial charge on any atom is -0.464 e. The molecular weight excluding hydrogens is 254 g/mol. The van der Waals surface area contributed by atoms with Crippen LogP contribution < -0.4 is 0 Å². The fourth-order valence-electron chi connectivity index (χ4n) is 1.23. The maximum Gasteiger partial charge on any atom is 0.377 e. The van der Waals surface area contributed by atoms with E-state index >= 15 is 0 Å². The van der Waals surface area contributed by atoms with Crippen LogP contribution in [-0.4, -0.2) is 50.9 Å². The van der Waals surface area contributed by atoms with Gasteiger partial charge in [-0.3, -0.25) is 4.98 Å². The van der Waals surface area contributed by atoms with Crippen LogP contribution in [0.15, 0.2) is 18.7 Å². The van der Waals surface area contributed by atoms with Crippen LogP contribution in [0, 0.1) is 0 Å². The molecule has 0 unspecified atom stereocenters. The highest BCUT2D eigenvalue weighted by atomic mass is 16.5. The third kappa shape index (κ3) is 2.54. The Morgan fingerprint density at radius 1 is 1.16 bits per heavy atom. The molecule has 9 heteroatoms. The summed E-state index contributed by atoms with van der Waals surface area (Å²) >= 11 is 0. The van der Waals surface area contributed by atoms with Gasteiger partial charge < -0.3 is 9.47 Å². The van der Waals surface area contributed by atoms with Crippen molar-refractivity contribution in [2.45, 2.75) is 0 Å². The first-order chi connectivity index (χ1) is 9.15. The van der Waals surface area contributed by atoms with E-state index in [1.165, 1.54) is 37.6 Å². The third-order valence-electron chi connectivity index (χ3n) is 2.11. The molecule has 0 fully saturated rings. The molecule has 0 N–H and O–H groups in total. The molecule has 9 nitrogen and oxygen atoms in total. The van der Waals surface area contributed by atoms with E-state index in [4.69, 9.17) is 0 Å². The van der Waals surface area contributed by atoms with E-state index in [2.05, 4.69) is 29.5 Å². The number of hydrogen-bond acceptors (Lipinski definition) is 8. The molecule has 0 saturated heterocycles. The van der Waals surface area contributed by atoms with Gasteiger partial charge in [0.25, 0.3) is 5.82 Å². The number of nitrogens with zero attached hydrogens (tertiary/aromatic N) is 5. The molecule has 0 aliphatic heterocycles. The maximum atomic E-state index is 11.3. The first kappa shape index (κ1) is 12.6. The van der Waals surface area contributed by atoms with E-state index in [1.54, 1.807) is 0 Å². The lowest BCUT2D eigenvalue weighted by atomic mass is 10.4. The van der Waals surface area contributed by atoms with E-state index in [0.717, 1.165) is 0 Å². The lowest BCUT2D eigenvalue weighted by Crippen LogP contribution is -2.09. The Balaban J connectivity index is 2.34. The number of methoxy groups -OCH3 is 2. The normalized spacial score (nSPS) is 10.0. The molecule has 0 aliphatic rings. The van der Waals surface area contributed by atoms with E-state index in [-0.39, 0.29) is 17.3 Å². The van der Waals surface area contributed by atoms with Crippen molar-refractivity contribution in [3.05, 3.63) is 30.2 Å². The number of carbonyl (C=O) groups is 2. The van der Waals surface area contributed by atoms with Crippen LogP contribution in [0.1, 0.15) is 21.1 Å². The Labute approximate surface area is 107 Å². The molecule has 2 aromatic heterocycles. The van der Waals surface area contributed by atoms with E-state index in [1.807, 2.05) is 0 Å². The fraction of sp³-hybridized carbons (Fsp3) is 0.200. The summed E-state index contributed by atoms with van der Waals surface area (Å²) in [5.74, 6) is -1.18. The van der Waals surface area contributed by atoms with Gasteiger partial charge in [0.2, 0.25) is 0 Å². The molecule has 2 rings (SSSR count). The highest BCUT2D eigenvalue weighted by Gasteiger charge is 2.14. The summed E-state index contributed by atoms with van der Waals surface area (Å²) in [6, 6.07) is 0. The Morgan fingerprint density at radius 2 is 1.89 bits per heavy atom. The van der Waals surface area contributed by atoms with Gasteiger partial charge in [0.15, 0.2) is 11.5 Å². The molecule has 2 heterocycles. The van der Waals surface area contributed by atoms with Gasteiger partial charge in [0.1, 0.15) is 6.33 Å². The van der Waals surface area contributed by atoms with Crippen LogP contribution in [0.25, 0.3) is 5.82 Å². The second-order valence-corrected chi connectivity index (χ2v) is 3.26. The van der Waals surface area contributed by atoms with Crippen LogP contribution in [-0.2, 0) is 9.47 Å². The van der Waals surface area contributed by atoms with Gasteiger partial charge in [-0.25, -0.2) is 24.2 Å². The molecular formula is C10H9N5O4. The molecule has 0 radical (unpaired) electrons. The van der Waals surface area contributed by atoms with Crippen molar-refractivity contribution >= 4 is 11.9 Å². The van der Waals surface area contributed by atoms with Gasteiger partial charge in [-0.15, -0.1) is 5.10 Å². The molecule has 0 aromatic carbocycles. The van der Waals surface area contributed by atoms with E-state index < -0.39 is 11.9 Å². The standard InChI is InChI=1S/C10H9N5O4/c1-18-9(16)6-3-11-4-7(13-6)15-5-12-8(14-15)10(17)19-2/h3-5H,1-2H3. The van der Waals surface area contributed by atoms with Crippen LogP contribution >= 0.6 is 0 Å². The van der Waals surface area contributed by atoms with Gasteiger partial charge >= 0.3 is 11.9 Å². The van der Waals surface area contributed by atoms with E-state index in [9.17, 15) is 9.59 Å². The van der Waals surface area contributed by atoms with Crippen LogP contribution in [0.2, 0.25) is 0 Å². The van der Waals surface area contributed by atoms with Crippen molar-refractivity contribution in [1.82, 2.24) is 24.7 Å². The summed E-state index contributed by atoms with van der Waals surface area (Å²) in [7, 11) is 2.46. The number of hydrogen-bond donors (Lipinski definition) is 0. The van der Waals surface area contributed by atoms with Crippen LogP contribution in [0.5, 0.6) is 0 Å². The lowest BCUT2D eigenvalue weighted by molar-refractivity contribution is 0.0580. The first-order valence-electron chi connectivity index (χ1n) is 5.06. The van der Waals surface area contributed by atoms with Crippen molar-refractivity contribution in [2.24, 2.45) is 0 Å². The second kappa shape index (κ2) is 5.21. The minimum atomic E-state index is -0.671. The summed E-state index contributed by atoms with van der Waals surface area (Å²) in [4.78, 5) is 34.1. The summed E-state index contributed by atoms with van der Waals surface area (Å²) < 4.78 is 10.2. The Morgan fingerprint density at radius 3 is 2.58 bits per heavy atom. The Bertz CT molecular complexity index is 624. The molecule has 0 atom stereocenters. The predicted molar refractivity (Wildman–Crippen MR) is 59.6 cm³/mol. The zero-order valence-electron chi connectivity index (χ0n) is 10.1. The third-order valence-corrected chi connectivity index (χ3v) is 2.11. The van der Waals surface area contributed by atoms with Crippen LogP contribution in [0.4, 0.5) is 0 Å². The van der Waals surface area contributed by atoms with E-state index in [0.29, 0.717) is 0 Å². The predicted octanol–water partition coefficient (Wildman–Crippen LogP) is -0.370. The average Bonchev–Trinajstić information content (AvgIpc) is 2.95. The molecule has 0 bridgehead atoms. The second-order valence-electron chi connectivity index (χ2n) is 3.26. The van der Waals surface area contributed by atoms with Gasteiger partial charge in [-0.2, -0.15) is 0 Å². The first-order valence-corrected chi connectivity index (χ1v) is 5.06. The number of carbonyl (C=O) groups excluding carboxylic acids is 2. The topological polar surface area (TPSA) is 109 Å². The maximum absolute atomic E-state index is 11.3. The highest BCUT2D eigenvalue weighted by Crippen LogP contribution is 2.04. The Kier molecular flexibility index (Phi) is 3.46. The summed E-state index contributed by atoms with van der Waals surface area (Å²) in [5, 5.41) is 3.85. The van der Waals surface area contributed by atoms with Gasteiger partial charge in [-0.1, -0.05) is 0 Å². The molecule has 2 aromatic rings. The van der Waals surface area contributed by atoms with Crippen molar-refractivity contribution in [3.63, 3.8) is 0 Å². The lowest BCUT2D eigenvalue weighted by Gasteiger charge is -2.01. The van der Waals surface area contributed by atoms with Crippen molar-refractivity contribution in [3.8, 4) is 5.82 Å². The zero-order valence-corrected chi connectivity index (χ0v) is 10.1. The van der Waals surface area contributed by atoms with Crippen molar-refractivity contribution in [2.75, 3.05) is 14.2 Å². The minimum absolute atomic E-state index is 0.0233. The van der Waals surface area contributed by atoms with Gasteiger partial charge in [-0.05, 0) is 0 Å². The number of ether oxygens (including phenoxy) is 2. The Hall–Kier alpha value is -2.84. The molecule has 0 amide bonds. The number of esters is 2. The summed E-state index contributed by atoms with van der Waals surface area (Å²) in [6.45, 7) is 0. The van der Waals surface area contributed by atoms with Crippen molar-refractivity contribution < 1.29 is 19.1 Å². The zero-order chi connectivity index (χ0) is 13.8. The summed E-state index contributed by atoms with van der Waals surface area (Å²) in [6.07, 6.45) is 3.88. The average molecular weight is 263 g/mol. The summed E-state index contributed by atoms with van der Waals surface area (Å²) in [5.41, 5.74) is 0.0233. The largest absolute Gasteiger partial charge is 0.464 e. The SMILES string of the molecule is COC(=O)c1cncc(-n2cnc(C(=O)OC)n2)n1. The van der Waals surface area contributed by atoms with Crippen LogP contribution in [0.3, 0.4) is 0 Å². The molecule has 98 valence electrons. The molecule has 0 spiro atoms. The van der Waals surface area contributed by atoms with Gasteiger partial charge in [0, 0.05) is 0 Å². The van der Waals surface area contributed by atoms with Crippen molar-refractivity contribution in [1.29, 1.82) is 0 Å². The number of aromatic nitrogens is 5. The molecule has 0 aliphatic carbocycles. The highest BCUT2D eigenvalue weighted by molar-refractivity contribution is 5.87. The number of rotatable bonds is 3. The monoisotopic (exact) mass is 263 g/mol. The van der Waals surface area contributed by atoms with Gasteiger partial charge in [0.05, 0.1) is 26.6 Å².